The van der Waals surface area contributed by atoms with E-state index < -0.39 is 0 Å². The predicted octanol–water partition coefficient (Wildman–Crippen LogP) is 3.59. The Bertz CT molecular complexity index is 581. The van der Waals surface area contributed by atoms with Crippen molar-refractivity contribution < 1.29 is 0 Å². The first-order chi connectivity index (χ1) is 9.68. The van der Waals surface area contributed by atoms with Crippen molar-refractivity contribution >= 4 is 11.0 Å². The fourth-order valence-electron chi connectivity index (χ4n) is 3.45. The molecular weight excluding hydrogens is 248 g/mol. The van der Waals surface area contributed by atoms with Crippen LogP contribution in [0.2, 0.25) is 0 Å². The van der Waals surface area contributed by atoms with E-state index in [9.17, 15) is 0 Å². The van der Waals surface area contributed by atoms with Gasteiger partial charge in [0.05, 0.1) is 17.8 Å². The summed E-state index contributed by atoms with van der Waals surface area (Å²) in [6.45, 7) is 4.39. The highest BCUT2D eigenvalue weighted by Crippen LogP contribution is 2.34. The van der Waals surface area contributed by atoms with Gasteiger partial charge in [0.2, 0.25) is 0 Å². The molecule has 4 nitrogen and oxygen atoms in total. The lowest BCUT2D eigenvalue weighted by molar-refractivity contribution is 0.294. The Kier molecular flexibility index (Phi) is 3.74. The number of hydrogen-bond donors (Lipinski definition) is 1. The second-order valence-corrected chi connectivity index (χ2v) is 6.22. The van der Waals surface area contributed by atoms with Crippen molar-refractivity contribution in [3.8, 4) is 0 Å². The Morgan fingerprint density at radius 3 is 2.70 bits per heavy atom. The molecule has 0 saturated heterocycles. The number of imidazole rings is 1. The second-order valence-electron chi connectivity index (χ2n) is 6.22. The van der Waals surface area contributed by atoms with Gasteiger partial charge in [0.25, 0.3) is 0 Å². The van der Waals surface area contributed by atoms with Crippen LogP contribution in [0, 0.1) is 5.92 Å². The zero-order valence-corrected chi connectivity index (χ0v) is 12.4. The predicted molar refractivity (Wildman–Crippen MR) is 81.4 cm³/mol. The molecule has 0 aliphatic heterocycles. The average Bonchev–Trinajstić information content (AvgIpc) is 2.86. The van der Waals surface area contributed by atoms with Crippen molar-refractivity contribution in [1.82, 2.24) is 14.5 Å². The van der Waals surface area contributed by atoms with Crippen molar-refractivity contribution in [2.75, 3.05) is 0 Å². The van der Waals surface area contributed by atoms with E-state index in [-0.39, 0.29) is 6.04 Å². The van der Waals surface area contributed by atoms with E-state index in [0.717, 1.165) is 16.9 Å². The Labute approximate surface area is 120 Å². The maximum Gasteiger partial charge on any atom is 0.127 e. The summed E-state index contributed by atoms with van der Waals surface area (Å²) >= 11 is 0. The molecule has 4 heteroatoms. The standard InChI is InChI=1S/C16H24N4/c1-11(2)20-14-8-9-18-10-13(14)19-16(20)15(17)12-6-4-3-5-7-12/h8-12,15H,3-7,17H2,1-2H3. The van der Waals surface area contributed by atoms with Gasteiger partial charge in [-0.2, -0.15) is 0 Å². The number of fused-ring (bicyclic) bond motifs is 1. The van der Waals surface area contributed by atoms with E-state index in [1.54, 1.807) is 0 Å². The molecule has 1 atom stereocenters. The van der Waals surface area contributed by atoms with Gasteiger partial charge in [0.1, 0.15) is 11.3 Å². The molecular formula is C16H24N4. The molecule has 1 aliphatic carbocycles. The lowest BCUT2D eigenvalue weighted by atomic mass is 9.84. The fraction of sp³-hybridized carbons (Fsp3) is 0.625. The molecule has 0 bridgehead atoms. The van der Waals surface area contributed by atoms with E-state index in [1.165, 1.54) is 32.1 Å². The molecule has 2 heterocycles. The minimum Gasteiger partial charge on any atom is -0.324 e. The highest BCUT2D eigenvalue weighted by Gasteiger charge is 2.27. The van der Waals surface area contributed by atoms with Crippen molar-refractivity contribution in [3.05, 3.63) is 24.3 Å². The molecule has 0 radical (unpaired) electrons. The number of hydrogen-bond acceptors (Lipinski definition) is 3. The summed E-state index contributed by atoms with van der Waals surface area (Å²) in [5, 5.41) is 0. The van der Waals surface area contributed by atoms with E-state index in [0.29, 0.717) is 12.0 Å². The van der Waals surface area contributed by atoms with Crippen LogP contribution in [-0.4, -0.2) is 14.5 Å². The maximum absolute atomic E-state index is 6.57. The molecule has 2 aromatic rings. The second kappa shape index (κ2) is 5.52. The third kappa shape index (κ3) is 2.33. The lowest BCUT2D eigenvalue weighted by Gasteiger charge is -2.28. The molecule has 0 amide bonds. The zero-order valence-electron chi connectivity index (χ0n) is 12.4. The summed E-state index contributed by atoms with van der Waals surface area (Å²) in [4.78, 5) is 8.97. The first-order valence-corrected chi connectivity index (χ1v) is 7.76. The van der Waals surface area contributed by atoms with E-state index >= 15 is 0 Å². The number of rotatable bonds is 3. The summed E-state index contributed by atoms with van der Waals surface area (Å²) in [6.07, 6.45) is 10.1. The zero-order chi connectivity index (χ0) is 14.1. The van der Waals surface area contributed by atoms with Crippen molar-refractivity contribution in [1.29, 1.82) is 0 Å². The Morgan fingerprint density at radius 1 is 1.25 bits per heavy atom. The van der Waals surface area contributed by atoms with Gasteiger partial charge in [-0.05, 0) is 38.7 Å². The van der Waals surface area contributed by atoms with E-state index in [1.807, 2.05) is 18.5 Å². The van der Waals surface area contributed by atoms with Crippen LogP contribution in [0.15, 0.2) is 18.5 Å². The van der Waals surface area contributed by atoms with Gasteiger partial charge in [-0.25, -0.2) is 4.98 Å². The van der Waals surface area contributed by atoms with E-state index in [2.05, 4.69) is 23.4 Å². The third-order valence-electron chi connectivity index (χ3n) is 4.49. The average molecular weight is 272 g/mol. The van der Waals surface area contributed by atoms with Crippen LogP contribution in [0.5, 0.6) is 0 Å². The molecule has 0 aromatic carbocycles. The van der Waals surface area contributed by atoms with Gasteiger partial charge < -0.3 is 10.3 Å². The number of aromatic nitrogens is 3. The fourth-order valence-corrected chi connectivity index (χ4v) is 3.45. The Hall–Kier alpha value is -1.42. The van der Waals surface area contributed by atoms with Gasteiger partial charge in [0.15, 0.2) is 0 Å². The minimum absolute atomic E-state index is 0.0464. The monoisotopic (exact) mass is 272 g/mol. The van der Waals surface area contributed by atoms with Crippen LogP contribution < -0.4 is 5.73 Å². The van der Waals surface area contributed by atoms with Crippen LogP contribution in [0.1, 0.15) is 63.9 Å². The molecule has 1 saturated carbocycles. The molecule has 3 rings (SSSR count). The summed E-state index contributed by atoms with van der Waals surface area (Å²) < 4.78 is 2.29. The van der Waals surface area contributed by atoms with Crippen LogP contribution >= 0.6 is 0 Å². The first-order valence-electron chi connectivity index (χ1n) is 7.76. The molecule has 1 aliphatic rings. The number of nitrogens with two attached hydrogens (primary N) is 1. The van der Waals surface area contributed by atoms with Gasteiger partial charge in [-0.1, -0.05) is 19.3 Å². The molecule has 2 aromatic heterocycles. The summed E-state index contributed by atoms with van der Waals surface area (Å²) in [7, 11) is 0. The van der Waals surface area contributed by atoms with Gasteiger partial charge in [-0.15, -0.1) is 0 Å². The van der Waals surface area contributed by atoms with Gasteiger partial charge in [-0.3, -0.25) is 4.98 Å². The van der Waals surface area contributed by atoms with Gasteiger partial charge in [0, 0.05) is 12.2 Å². The maximum atomic E-state index is 6.57. The third-order valence-corrected chi connectivity index (χ3v) is 4.49. The van der Waals surface area contributed by atoms with Crippen molar-refractivity contribution in [3.63, 3.8) is 0 Å². The molecule has 0 spiro atoms. The summed E-state index contributed by atoms with van der Waals surface area (Å²) in [5.74, 6) is 1.61. The van der Waals surface area contributed by atoms with Crippen LogP contribution in [0.4, 0.5) is 0 Å². The summed E-state index contributed by atoms with van der Waals surface area (Å²) in [6, 6.07) is 2.46. The lowest BCUT2D eigenvalue weighted by Crippen LogP contribution is -2.27. The van der Waals surface area contributed by atoms with Crippen LogP contribution in [0.3, 0.4) is 0 Å². The van der Waals surface area contributed by atoms with E-state index in [4.69, 9.17) is 10.7 Å². The number of nitrogens with zero attached hydrogens (tertiary/aromatic N) is 3. The minimum atomic E-state index is 0.0464. The quantitative estimate of drug-likeness (QED) is 0.929. The first kappa shape index (κ1) is 13.6. The van der Waals surface area contributed by atoms with Crippen molar-refractivity contribution in [2.45, 2.75) is 58.0 Å². The van der Waals surface area contributed by atoms with Crippen molar-refractivity contribution in [2.24, 2.45) is 11.7 Å². The highest BCUT2D eigenvalue weighted by molar-refractivity contribution is 5.75. The molecule has 1 unspecified atom stereocenters. The summed E-state index contributed by atoms with van der Waals surface area (Å²) in [5.41, 5.74) is 8.68. The molecule has 20 heavy (non-hydrogen) atoms. The van der Waals surface area contributed by atoms with Crippen LogP contribution in [0.25, 0.3) is 11.0 Å². The van der Waals surface area contributed by atoms with Crippen LogP contribution in [-0.2, 0) is 0 Å². The Morgan fingerprint density at radius 2 is 2.00 bits per heavy atom. The molecule has 2 N–H and O–H groups in total. The molecule has 1 fully saturated rings. The molecule has 108 valence electrons. The SMILES string of the molecule is CC(C)n1c(C(N)C2CCCCC2)nc2cnccc21. The topological polar surface area (TPSA) is 56.7 Å². The highest BCUT2D eigenvalue weighted by atomic mass is 15.1. The largest absolute Gasteiger partial charge is 0.324 e. The number of pyridine rings is 1. The normalized spacial score (nSPS) is 18.8. The van der Waals surface area contributed by atoms with Gasteiger partial charge >= 0.3 is 0 Å². The Balaban J connectivity index is 2.03. The smallest absolute Gasteiger partial charge is 0.127 e.